The van der Waals surface area contributed by atoms with Crippen LogP contribution >= 0.6 is 21.1 Å². The van der Waals surface area contributed by atoms with Crippen molar-refractivity contribution in [2.24, 2.45) is 5.16 Å². The number of oxime groups is 1. The molecule has 0 saturated carbocycles. The van der Waals surface area contributed by atoms with Crippen molar-refractivity contribution in [2.45, 2.75) is 0 Å². The van der Waals surface area contributed by atoms with Crippen LogP contribution in [0.25, 0.3) is 0 Å². The maximum Gasteiger partial charge on any atom is 0.362 e. The van der Waals surface area contributed by atoms with Gasteiger partial charge in [-0.15, -0.1) is 3.35 Å². The van der Waals surface area contributed by atoms with Gasteiger partial charge in [-0.25, -0.2) is 0 Å². The molecular weight excluding hydrogens is 556 g/mol. The molecule has 3 aromatic rings. The van der Waals surface area contributed by atoms with E-state index >= 15 is 0 Å². The number of nitro benzene ring substituents is 6. The van der Waals surface area contributed by atoms with Crippen molar-refractivity contribution in [1.29, 1.82) is 0 Å². The van der Waals surface area contributed by atoms with E-state index < -0.39 is 81.2 Å². The summed E-state index contributed by atoms with van der Waals surface area (Å²) in [6.07, 6.45) is 0. The van der Waals surface area contributed by atoms with Crippen molar-refractivity contribution in [2.75, 3.05) is 0 Å². The van der Waals surface area contributed by atoms with Gasteiger partial charge in [-0.2, -0.15) is 0 Å². The molecule has 3 rings (SSSR count). The summed E-state index contributed by atoms with van der Waals surface area (Å²) in [5.41, 5.74) is -7.05. The number of non-ortho nitro benzene ring substituents is 2. The molecule has 0 aliphatic carbocycles. The van der Waals surface area contributed by atoms with E-state index in [1.165, 1.54) is 0 Å². The fourth-order valence-corrected chi connectivity index (χ4v) is 3.25. The molecule has 22 nitrogen and oxygen atoms in total. The summed E-state index contributed by atoms with van der Waals surface area (Å²) in [6.45, 7) is 0. The molecule has 0 fully saturated rings. The van der Waals surface area contributed by atoms with Crippen molar-refractivity contribution in [3.8, 4) is 11.5 Å². The molecule has 37 heavy (non-hydrogen) atoms. The quantitative estimate of drug-likeness (QED) is 0.119. The predicted molar refractivity (Wildman–Crippen MR) is 117 cm³/mol. The average Bonchev–Trinajstić information content (AvgIpc) is 3.65. The lowest BCUT2D eigenvalue weighted by Crippen LogP contribution is -2.16. The molecule has 0 radical (unpaired) electrons. The van der Waals surface area contributed by atoms with E-state index in [1.54, 1.807) is 0 Å². The maximum absolute atomic E-state index is 11.4. The van der Waals surface area contributed by atoms with Gasteiger partial charge in [0.05, 0.1) is 53.8 Å². The SMILES string of the molecule is O=[N+]([O-])c1cc([N+](=O)[O-])c(O/N=C(/Oc2c([N+](=O)[O-])cc([N+](=O)[O-])cc2[N+](=O)[O-])n2ss2)c([N+](=O)[O-])c1. The molecule has 192 valence electrons. The molecule has 0 saturated heterocycles. The summed E-state index contributed by atoms with van der Waals surface area (Å²) in [6, 6.07) is 0.512. The second-order valence-corrected chi connectivity index (χ2v) is 8.30. The third-order valence-electron chi connectivity index (χ3n) is 3.99. The van der Waals surface area contributed by atoms with Gasteiger partial charge in [-0.05, 0) is 5.16 Å². The minimum atomic E-state index is -1.26. The minimum Gasteiger partial charge on any atom is -0.407 e. The second-order valence-electron chi connectivity index (χ2n) is 6.14. The van der Waals surface area contributed by atoms with Gasteiger partial charge in [-0.3, -0.25) is 60.7 Å². The Labute approximate surface area is 205 Å². The Kier molecular flexibility index (Phi) is 6.96. The Bertz CT molecular complexity index is 1440. The first-order chi connectivity index (χ1) is 17.3. The number of ether oxygens (including phenoxy) is 1. The van der Waals surface area contributed by atoms with Gasteiger partial charge in [0.2, 0.25) is 0 Å². The number of nitrogens with zero attached hydrogens (tertiary/aromatic N) is 8. The first-order valence-corrected chi connectivity index (χ1v) is 10.7. The Morgan fingerprint density at radius 2 is 0.973 bits per heavy atom. The van der Waals surface area contributed by atoms with Crippen LogP contribution in [0.1, 0.15) is 0 Å². The molecule has 1 aromatic heterocycles. The number of rotatable bonds is 9. The largest absolute Gasteiger partial charge is 0.407 e. The topological polar surface area (TPSA) is 295 Å². The summed E-state index contributed by atoms with van der Waals surface area (Å²) in [5, 5.41) is 70.8. The predicted octanol–water partition coefficient (Wildman–Crippen LogP) is 3.34. The van der Waals surface area contributed by atoms with Gasteiger partial charge in [-0.1, -0.05) is 0 Å². The van der Waals surface area contributed by atoms with Crippen molar-refractivity contribution >= 4 is 61.2 Å². The molecule has 2 aromatic carbocycles. The summed E-state index contributed by atoms with van der Waals surface area (Å²) >= 11 is 0. The average molecular weight is 560 g/mol. The lowest BCUT2D eigenvalue weighted by molar-refractivity contribution is -0.404. The molecule has 1 heterocycles. The minimum absolute atomic E-state index is 0.339. The zero-order valence-electron chi connectivity index (χ0n) is 16.9. The summed E-state index contributed by atoms with van der Waals surface area (Å²) in [7, 11) is 1.61. The van der Waals surface area contributed by atoms with Crippen LogP contribution in [0.4, 0.5) is 34.1 Å². The van der Waals surface area contributed by atoms with Crippen molar-refractivity contribution in [3.63, 3.8) is 0 Å². The zero-order chi connectivity index (χ0) is 27.6. The van der Waals surface area contributed by atoms with E-state index in [-0.39, 0.29) is 0 Å². The van der Waals surface area contributed by atoms with E-state index in [9.17, 15) is 60.7 Å². The van der Waals surface area contributed by atoms with Crippen LogP contribution in [-0.2, 0) is 0 Å². The van der Waals surface area contributed by atoms with Crippen LogP contribution < -0.4 is 9.57 Å². The van der Waals surface area contributed by atoms with Crippen LogP contribution in [0, 0.1) is 60.7 Å². The zero-order valence-corrected chi connectivity index (χ0v) is 18.6. The molecule has 0 aliphatic rings. The number of hydrogen-bond acceptors (Lipinski definition) is 17. The van der Waals surface area contributed by atoms with Crippen LogP contribution in [0.15, 0.2) is 29.4 Å². The van der Waals surface area contributed by atoms with Crippen molar-refractivity contribution < 1.29 is 39.1 Å². The first-order valence-electron chi connectivity index (χ1n) is 8.62. The Morgan fingerprint density at radius 1 is 0.622 bits per heavy atom. The van der Waals surface area contributed by atoms with Gasteiger partial charge in [0.1, 0.15) is 0 Å². The Hall–Kier alpha value is -5.65. The molecular formula is C13H4N8O14S2. The normalized spacial score (nSPS) is 11.1. The van der Waals surface area contributed by atoms with Gasteiger partial charge >= 0.3 is 34.5 Å². The van der Waals surface area contributed by atoms with Gasteiger partial charge in [0, 0.05) is 21.1 Å². The van der Waals surface area contributed by atoms with Crippen LogP contribution in [0.2, 0.25) is 0 Å². The summed E-state index contributed by atoms with van der Waals surface area (Å²) in [5.74, 6) is -2.35. The first kappa shape index (κ1) is 26.0. The summed E-state index contributed by atoms with van der Waals surface area (Å²) in [4.78, 5) is 65.1. The monoisotopic (exact) mass is 560 g/mol. The highest BCUT2D eigenvalue weighted by Gasteiger charge is 2.36. The van der Waals surface area contributed by atoms with Crippen LogP contribution in [-0.4, -0.2) is 38.9 Å². The number of benzene rings is 2. The Balaban J connectivity index is 2.15. The van der Waals surface area contributed by atoms with Gasteiger partial charge in [0.15, 0.2) is 0 Å². The molecule has 0 bridgehead atoms. The molecule has 0 aliphatic heterocycles. The molecule has 0 atom stereocenters. The standard InChI is InChI=1S/C13H4N8O14S2/c22-15(23)5-1-7(17(26)27)11(8(2-5)18(28)29)34-13(21-36-37-21)14-35-12-9(19(30)31)3-6(16(24)25)4-10(12)20(32)33/h1-4H/b14-13+. The highest BCUT2D eigenvalue weighted by molar-refractivity contribution is 7.77. The van der Waals surface area contributed by atoms with E-state index in [1.807, 2.05) is 0 Å². The van der Waals surface area contributed by atoms with Gasteiger partial charge in [0.25, 0.3) is 17.1 Å². The second kappa shape index (κ2) is 9.92. The fraction of sp³-hybridized carbons (Fsp3) is 0. The maximum atomic E-state index is 11.4. The van der Waals surface area contributed by atoms with E-state index in [4.69, 9.17) is 9.57 Å². The Morgan fingerprint density at radius 3 is 1.27 bits per heavy atom. The van der Waals surface area contributed by atoms with Crippen molar-refractivity contribution in [3.05, 3.63) is 85.0 Å². The molecule has 0 unspecified atom stereocenters. The van der Waals surface area contributed by atoms with Crippen LogP contribution in [0.5, 0.6) is 11.5 Å². The third-order valence-corrected chi connectivity index (χ3v) is 5.50. The van der Waals surface area contributed by atoms with Gasteiger partial charge < -0.3 is 9.57 Å². The molecule has 24 heteroatoms. The smallest absolute Gasteiger partial charge is 0.362 e. The molecule has 0 amide bonds. The van der Waals surface area contributed by atoms with Crippen LogP contribution in [0.3, 0.4) is 0 Å². The summed E-state index contributed by atoms with van der Waals surface area (Å²) < 4.78 is 6.04. The van der Waals surface area contributed by atoms with E-state index in [0.717, 1.165) is 24.4 Å². The number of aromatic nitrogens is 1. The fourth-order valence-electron chi connectivity index (χ4n) is 2.47. The number of nitro groups is 6. The molecule has 0 N–H and O–H groups in total. The third kappa shape index (κ3) is 5.54. The lowest BCUT2D eigenvalue weighted by atomic mass is 10.2. The van der Waals surface area contributed by atoms with E-state index in [2.05, 4.69) is 5.16 Å². The lowest BCUT2D eigenvalue weighted by Gasteiger charge is -2.07. The van der Waals surface area contributed by atoms with Crippen molar-refractivity contribution in [1.82, 2.24) is 3.35 Å². The number of hydrogen-bond donors (Lipinski definition) is 0. The highest BCUT2D eigenvalue weighted by atomic mass is 33.0. The molecule has 0 spiro atoms. The highest BCUT2D eigenvalue weighted by Crippen LogP contribution is 2.42. The van der Waals surface area contributed by atoms with E-state index in [0.29, 0.717) is 24.3 Å².